The Kier molecular flexibility index (Phi) is 6.67. The van der Waals surface area contributed by atoms with Gasteiger partial charge in [-0.1, -0.05) is 26.2 Å². The first-order valence-electron chi connectivity index (χ1n) is 11.7. The summed E-state index contributed by atoms with van der Waals surface area (Å²) in [5.74, 6) is -2.91. The van der Waals surface area contributed by atoms with Crippen molar-refractivity contribution in [1.82, 2.24) is 20.0 Å². The molecule has 2 heterocycles. The molecule has 1 aliphatic carbocycles. The van der Waals surface area contributed by atoms with Crippen LogP contribution in [0.5, 0.6) is 0 Å². The third-order valence-corrected chi connectivity index (χ3v) is 6.62. The summed E-state index contributed by atoms with van der Waals surface area (Å²) in [6, 6.07) is 4.13. The average molecular weight is 474 g/mol. The molecule has 1 atom stereocenters. The highest BCUT2D eigenvalue weighted by Crippen LogP contribution is 2.29. The van der Waals surface area contributed by atoms with Gasteiger partial charge >= 0.3 is 0 Å². The molecule has 3 amide bonds. The molecule has 1 aromatic heterocycles. The van der Waals surface area contributed by atoms with Crippen molar-refractivity contribution in [3.8, 4) is 0 Å². The summed E-state index contributed by atoms with van der Waals surface area (Å²) in [6.07, 6.45) is 5.52. The first-order chi connectivity index (χ1) is 16.2. The van der Waals surface area contributed by atoms with Crippen molar-refractivity contribution >= 4 is 23.4 Å². The molecule has 2 aliphatic rings. The van der Waals surface area contributed by atoms with Gasteiger partial charge in [0, 0.05) is 24.7 Å². The third-order valence-electron chi connectivity index (χ3n) is 6.62. The summed E-state index contributed by atoms with van der Waals surface area (Å²) < 4.78 is 28.8. The fourth-order valence-corrected chi connectivity index (χ4v) is 4.61. The van der Waals surface area contributed by atoms with Crippen LogP contribution in [0.1, 0.15) is 73.3 Å². The van der Waals surface area contributed by atoms with E-state index >= 15 is 0 Å². The Bertz CT molecular complexity index is 1110. The molecular formula is C24H29F2N5O3. The molecule has 0 unspecified atom stereocenters. The molecule has 1 aromatic carbocycles. The monoisotopic (exact) mass is 473 g/mol. The number of hydrogen-bond donors (Lipinski definition) is 2. The van der Waals surface area contributed by atoms with Gasteiger partial charge in [-0.15, -0.1) is 0 Å². The minimum atomic E-state index is -1.17. The molecule has 34 heavy (non-hydrogen) atoms. The van der Waals surface area contributed by atoms with Crippen molar-refractivity contribution in [1.29, 1.82) is 0 Å². The largest absolute Gasteiger partial charge is 0.351 e. The number of nitrogens with one attached hydrogen (secondary N) is 2. The van der Waals surface area contributed by atoms with Crippen LogP contribution in [0.25, 0.3) is 0 Å². The molecule has 0 radical (unpaired) electrons. The van der Waals surface area contributed by atoms with Gasteiger partial charge in [0.1, 0.15) is 22.9 Å². The van der Waals surface area contributed by atoms with Crippen molar-refractivity contribution < 1.29 is 23.2 Å². The van der Waals surface area contributed by atoms with Crippen molar-refractivity contribution in [2.45, 2.75) is 70.5 Å². The van der Waals surface area contributed by atoms with Gasteiger partial charge in [0.2, 0.25) is 5.91 Å². The van der Waals surface area contributed by atoms with Crippen molar-refractivity contribution in [2.75, 3.05) is 11.9 Å². The first kappa shape index (κ1) is 23.8. The number of hydrogen-bond acceptors (Lipinski definition) is 4. The van der Waals surface area contributed by atoms with E-state index in [0.717, 1.165) is 56.7 Å². The van der Waals surface area contributed by atoms with Crippen LogP contribution in [0.15, 0.2) is 24.3 Å². The van der Waals surface area contributed by atoms with E-state index in [1.807, 2.05) is 6.92 Å². The van der Waals surface area contributed by atoms with E-state index in [-0.39, 0.29) is 35.6 Å². The number of rotatable bonds is 7. The lowest BCUT2D eigenvalue weighted by molar-refractivity contribution is -0.133. The SMILES string of the molecule is CCCCN1C(=O)c2cc(C(=O)Nc3cc(F)ccc3F)nn2C[C@]1(C)C(=O)NC1CCCC1. The molecule has 2 N–H and O–H groups in total. The number of halogens is 2. The second kappa shape index (κ2) is 9.52. The van der Waals surface area contributed by atoms with Crippen LogP contribution in [-0.4, -0.2) is 50.5 Å². The van der Waals surface area contributed by atoms with Crippen LogP contribution < -0.4 is 10.6 Å². The van der Waals surface area contributed by atoms with Gasteiger partial charge in [-0.2, -0.15) is 5.10 Å². The summed E-state index contributed by atoms with van der Waals surface area (Å²) in [7, 11) is 0. The molecule has 182 valence electrons. The lowest BCUT2D eigenvalue weighted by Crippen LogP contribution is -2.65. The molecule has 0 bridgehead atoms. The maximum atomic E-state index is 13.9. The zero-order valence-corrected chi connectivity index (χ0v) is 19.4. The Morgan fingerprint density at radius 3 is 2.65 bits per heavy atom. The Balaban J connectivity index is 1.61. The average Bonchev–Trinajstić information content (AvgIpc) is 3.46. The molecule has 4 rings (SSSR count). The maximum absolute atomic E-state index is 13.9. The van der Waals surface area contributed by atoms with E-state index in [1.165, 1.54) is 10.7 Å². The number of carbonyl (C=O) groups is 3. The number of anilines is 1. The third kappa shape index (κ3) is 4.53. The number of unbranched alkanes of at least 4 members (excludes halogenated alkanes) is 1. The van der Waals surface area contributed by atoms with Gasteiger partial charge in [0.25, 0.3) is 11.8 Å². The Morgan fingerprint density at radius 1 is 1.21 bits per heavy atom. The number of carbonyl (C=O) groups excluding carboxylic acids is 3. The van der Waals surface area contributed by atoms with Gasteiger partial charge in [-0.05, 0) is 38.3 Å². The molecule has 0 spiro atoms. The fourth-order valence-electron chi connectivity index (χ4n) is 4.61. The van der Waals surface area contributed by atoms with Gasteiger partial charge in [0.05, 0.1) is 12.2 Å². The lowest BCUT2D eigenvalue weighted by Gasteiger charge is -2.43. The second-order valence-corrected chi connectivity index (χ2v) is 9.19. The summed E-state index contributed by atoms with van der Waals surface area (Å²) in [5, 5.41) is 9.62. The molecule has 1 aliphatic heterocycles. The summed E-state index contributed by atoms with van der Waals surface area (Å²) in [6.45, 7) is 4.20. The minimum Gasteiger partial charge on any atom is -0.351 e. The minimum absolute atomic E-state index is 0.0813. The van der Waals surface area contributed by atoms with E-state index < -0.39 is 29.0 Å². The van der Waals surface area contributed by atoms with Gasteiger partial charge in [0.15, 0.2) is 5.69 Å². The van der Waals surface area contributed by atoms with E-state index in [9.17, 15) is 23.2 Å². The van der Waals surface area contributed by atoms with E-state index in [4.69, 9.17) is 0 Å². The molecule has 1 saturated carbocycles. The van der Waals surface area contributed by atoms with Gasteiger partial charge in [-0.25, -0.2) is 8.78 Å². The fraction of sp³-hybridized carbons (Fsp3) is 0.500. The topological polar surface area (TPSA) is 96.3 Å². The van der Waals surface area contributed by atoms with Crippen LogP contribution in [0.4, 0.5) is 14.5 Å². The maximum Gasteiger partial charge on any atom is 0.276 e. The second-order valence-electron chi connectivity index (χ2n) is 9.19. The lowest BCUT2D eigenvalue weighted by atomic mass is 9.94. The van der Waals surface area contributed by atoms with Crippen molar-refractivity contribution in [2.24, 2.45) is 0 Å². The van der Waals surface area contributed by atoms with Crippen molar-refractivity contribution in [3.63, 3.8) is 0 Å². The predicted molar refractivity (Wildman–Crippen MR) is 121 cm³/mol. The predicted octanol–water partition coefficient (Wildman–Crippen LogP) is 3.49. The Morgan fingerprint density at radius 2 is 1.94 bits per heavy atom. The quantitative estimate of drug-likeness (QED) is 0.644. The molecule has 1 fully saturated rings. The smallest absolute Gasteiger partial charge is 0.276 e. The highest BCUT2D eigenvalue weighted by Gasteiger charge is 2.48. The van der Waals surface area contributed by atoms with Crippen LogP contribution >= 0.6 is 0 Å². The number of amides is 3. The molecule has 10 heteroatoms. The highest BCUT2D eigenvalue weighted by atomic mass is 19.1. The van der Waals surface area contributed by atoms with E-state index in [1.54, 1.807) is 11.8 Å². The highest BCUT2D eigenvalue weighted by molar-refractivity contribution is 6.06. The summed E-state index contributed by atoms with van der Waals surface area (Å²) in [4.78, 5) is 41.0. The first-order valence-corrected chi connectivity index (χ1v) is 11.7. The Hall–Kier alpha value is -3.30. The number of fused-ring (bicyclic) bond motifs is 1. The van der Waals surface area contributed by atoms with E-state index in [2.05, 4.69) is 15.7 Å². The number of nitrogens with zero attached hydrogens (tertiary/aromatic N) is 3. The zero-order chi connectivity index (χ0) is 24.5. The Labute approximate surface area is 196 Å². The standard InChI is InChI=1S/C24H29F2N5O3/c1-3-4-11-30-22(33)20-13-19(21(32)28-18-12-15(25)9-10-17(18)26)29-31(20)14-24(30,2)23(34)27-16-7-5-6-8-16/h9-10,12-13,16H,3-8,11,14H2,1-2H3,(H,27,34)(H,28,32)/t24-/m1/s1. The van der Waals surface area contributed by atoms with Gasteiger partial charge < -0.3 is 15.5 Å². The van der Waals surface area contributed by atoms with Crippen molar-refractivity contribution in [3.05, 3.63) is 47.3 Å². The van der Waals surface area contributed by atoms with Gasteiger partial charge in [-0.3, -0.25) is 19.1 Å². The van der Waals surface area contributed by atoms with Crippen LogP contribution in [0.2, 0.25) is 0 Å². The molecule has 8 nitrogen and oxygen atoms in total. The van der Waals surface area contributed by atoms with Crippen LogP contribution in [0.3, 0.4) is 0 Å². The normalized spacial score (nSPS) is 20.4. The number of aromatic nitrogens is 2. The molecule has 0 saturated heterocycles. The summed E-state index contributed by atoms with van der Waals surface area (Å²) >= 11 is 0. The van der Waals surface area contributed by atoms with E-state index in [0.29, 0.717) is 6.54 Å². The summed E-state index contributed by atoms with van der Waals surface area (Å²) in [5.41, 5.74) is -1.45. The zero-order valence-electron chi connectivity index (χ0n) is 19.4. The number of benzene rings is 1. The van der Waals surface area contributed by atoms with Crippen LogP contribution in [-0.2, 0) is 11.3 Å². The molecular weight excluding hydrogens is 444 g/mol. The van der Waals surface area contributed by atoms with Crippen LogP contribution in [0, 0.1) is 11.6 Å². The molecule has 2 aromatic rings.